The molecule has 0 bridgehead atoms. The molecule has 1 amide bonds. The number of tetrazole rings is 1. The van der Waals surface area contributed by atoms with Crippen molar-refractivity contribution >= 4 is 35.1 Å². The fourth-order valence-corrected chi connectivity index (χ4v) is 6.98. The fourth-order valence-electron chi connectivity index (χ4n) is 6.72. The molecule has 1 aromatic heterocycles. The van der Waals surface area contributed by atoms with Gasteiger partial charge < -0.3 is 14.5 Å². The van der Waals surface area contributed by atoms with E-state index in [1.54, 1.807) is 13.8 Å². The Morgan fingerprint density at radius 1 is 1.00 bits per heavy atom. The third-order valence-electron chi connectivity index (χ3n) is 8.94. The van der Waals surface area contributed by atoms with Crippen LogP contribution in [0.2, 0.25) is 5.02 Å². The van der Waals surface area contributed by atoms with Gasteiger partial charge in [0.25, 0.3) is 5.95 Å². The number of hydrogen-bond acceptors (Lipinski definition) is 7. The largest absolute Gasteiger partial charge is 0.466 e. The lowest BCUT2D eigenvalue weighted by molar-refractivity contribution is -0.144. The van der Waals surface area contributed by atoms with Crippen LogP contribution in [0.15, 0.2) is 36.4 Å². The van der Waals surface area contributed by atoms with Crippen molar-refractivity contribution in [3.8, 4) is 0 Å². The number of esters is 1. The number of anilines is 2. The van der Waals surface area contributed by atoms with E-state index in [1.165, 1.54) is 29.0 Å². The number of halogens is 7. The molecule has 5 rings (SSSR count). The number of amides is 1. The number of alkyl halides is 6. The highest BCUT2D eigenvalue weighted by Gasteiger charge is 2.42. The van der Waals surface area contributed by atoms with Gasteiger partial charge in [0, 0.05) is 35.6 Å². The summed E-state index contributed by atoms with van der Waals surface area (Å²) in [6.07, 6.45) is -6.74. The summed E-state index contributed by atoms with van der Waals surface area (Å²) in [6, 6.07) is 4.81. The monoisotopic (exact) mass is 700 g/mol. The van der Waals surface area contributed by atoms with Crippen molar-refractivity contribution in [2.24, 2.45) is 18.9 Å². The molecule has 1 fully saturated rings. The first-order valence-electron chi connectivity index (χ1n) is 15.6. The van der Waals surface area contributed by atoms with E-state index in [1.807, 2.05) is 0 Å². The predicted octanol–water partition coefficient (Wildman–Crippen LogP) is 7.53. The molecule has 48 heavy (non-hydrogen) atoms. The van der Waals surface area contributed by atoms with E-state index in [9.17, 15) is 35.9 Å². The maximum Gasteiger partial charge on any atom is 0.416 e. The summed E-state index contributed by atoms with van der Waals surface area (Å²) in [7, 11) is 1.48. The number of fused-ring (bicyclic) bond motifs is 1. The predicted molar refractivity (Wildman–Crippen MR) is 164 cm³/mol. The quantitative estimate of drug-likeness (QED) is 0.177. The van der Waals surface area contributed by atoms with Crippen molar-refractivity contribution in [1.29, 1.82) is 0 Å². The number of rotatable bonds is 8. The second kappa shape index (κ2) is 13.9. The van der Waals surface area contributed by atoms with Crippen molar-refractivity contribution in [1.82, 2.24) is 20.2 Å². The Labute approximate surface area is 278 Å². The maximum absolute atomic E-state index is 14.1. The van der Waals surface area contributed by atoms with Gasteiger partial charge in [-0.2, -0.15) is 31.1 Å². The minimum Gasteiger partial charge on any atom is -0.466 e. The Balaban J connectivity index is 1.52. The lowest BCUT2D eigenvalue weighted by atomic mass is 9.79. The number of aryl methyl sites for hydroxylation is 1. The lowest BCUT2D eigenvalue weighted by Gasteiger charge is -2.45. The smallest absolute Gasteiger partial charge is 0.416 e. The summed E-state index contributed by atoms with van der Waals surface area (Å²) >= 11 is 6.07. The number of hydrogen-bond donors (Lipinski definition) is 0. The van der Waals surface area contributed by atoms with Crippen LogP contribution in [0.25, 0.3) is 0 Å². The Morgan fingerprint density at radius 3 is 2.29 bits per heavy atom. The zero-order valence-corrected chi connectivity index (χ0v) is 27.2. The van der Waals surface area contributed by atoms with E-state index in [-0.39, 0.29) is 71.6 Å². The summed E-state index contributed by atoms with van der Waals surface area (Å²) in [6.45, 7) is 3.55. The Hall–Kier alpha value is -3.88. The van der Waals surface area contributed by atoms with E-state index in [0.717, 1.165) is 29.1 Å². The van der Waals surface area contributed by atoms with Crippen LogP contribution in [0.5, 0.6) is 0 Å². The zero-order chi connectivity index (χ0) is 35.0. The van der Waals surface area contributed by atoms with Crippen LogP contribution in [0.4, 0.5) is 38.0 Å². The summed E-state index contributed by atoms with van der Waals surface area (Å²) in [5.41, 5.74) is -1.38. The van der Waals surface area contributed by atoms with Gasteiger partial charge in [-0.25, -0.2) is 0 Å². The van der Waals surface area contributed by atoms with Crippen molar-refractivity contribution in [2.75, 3.05) is 16.4 Å². The first-order chi connectivity index (χ1) is 22.5. The molecule has 260 valence electrons. The maximum atomic E-state index is 14.1. The summed E-state index contributed by atoms with van der Waals surface area (Å²) in [4.78, 5) is 30.2. The first-order valence-corrected chi connectivity index (χ1v) is 16.0. The topological polar surface area (TPSA) is 93.5 Å². The van der Waals surface area contributed by atoms with Crippen LogP contribution in [-0.4, -0.2) is 44.7 Å². The van der Waals surface area contributed by atoms with Crippen molar-refractivity contribution < 1.29 is 40.7 Å². The number of aromatic nitrogens is 4. The molecule has 0 spiro atoms. The molecular weight excluding hydrogens is 666 g/mol. The van der Waals surface area contributed by atoms with Crippen LogP contribution in [0, 0.1) is 11.8 Å². The molecule has 16 heteroatoms. The van der Waals surface area contributed by atoms with Gasteiger partial charge in [-0.05, 0) is 105 Å². The number of carbonyl (C=O) groups excluding carboxylic acids is 2. The minimum atomic E-state index is -4.71. The minimum absolute atomic E-state index is 0.0219. The Bertz CT molecular complexity index is 1640. The van der Waals surface area contributed by atoms with E-state index in [0.29, 0.717) is 25.7 Å². The van der Waals surface area contributed by atoms with Gasteiger partial charge in [0.1, 0.15) is 0 Å². The summed E-state index contributed by atoms with van der Waals surface area (Å²) < 4.78 is 88.3. The average molecular weight is 701 g/mol. The third-order valence-corrected chi connectivity index (χ3v) is 9.16. The molecule has 9 nitrogen and oxygen atoms in total. The highest BCUT2D eigenvalue weighted by atomic mass is 35.5. The molecule has 0 saturated heterocycles. The van der Waals surface area contributed by atoms with Crippen LogP contribution in [0.1, 0.15) is 80.7 Å². The molecule has 3 aromatic rings. The third kappa shape index (κ3) is 7.87. The molecule has 2 aromatic carbocycles. The fraction of sp³-hybridized carbons (Fsp3) is 0.531. The molecule has 0 N–H and O–H groups in total. The van der Waals surface area contributed by atoms with Crippen molar-refractivity contribution in [3.63, 3.8) is 0 Å². The number of nitrogens with zero attached hydrogens (tertiary/aromatic N) is 6. The molecule has 2 heterocycles. The van der Waals surface area contributed by atoms with Gasteiger partial charge >= 0.3 is 18.3 Å². The second-order valence-corrected chi connectivity index (χ2v) is 12.8. The Morgan fingerprint density at radius 2 is 1.69 bits per heavy atom. The van der Waals surface area contributed by atoms with E-state index < -0.39 is 41.5 Å². The van der Waals surface area contributed by atoms with E-state index in [2.05, 4.69) is 15.4 Å². The van der Waals surface area contributed by atoms with E-state index in [4.69, 9.17) is 16.3 Å². The average Bonchev–Trinajstić information content (AvgIpc) is 3.44. The number of ether oxygens (including phenoxy) is 1. The number of carbonyl (C=O) groups is 2. The van der Waals surface area contributed by atoms with Gasteiger partial charge in [0.2, 0.25) is 5.91 Å². The molecule has 1 unspecified atom stereocenters. The zero-order valence-electron chi connectivity index (χ0n) is 26.5. The molecular formula is C32H35ClF6N6O3. The van der Waals surface area contributed by atoms with Crippen LogP contribution >= 0.6 is 11.6 Å². The summed E-state index contributed by atoms with van der Waals surface area (Å²) in [5, 5.41) is 12.0. The second-order valence-electron chi connectivity index (χ2n) is 12.4. The van der Waals surface area contributed by atoms with Crippen LogP contribution < -0.4 is 9.80 Å². The Kier molecular flexibility index (Phi) is 10.3. The normalized spacial score (nSPS) is 21.5. The van der Waals surface area contributed by atoms with Gasteiger partial charge in [-0.3, -0.25) is 9.59 Å². The van der Waals surface area contributed by atoms with Gasteiger partial charge in [0.05, 0.1) is 30.8 Å². The highest BCUT2D eigenvalue weighted by Crippen LogP contribution is 2.46. The van der Waals surface area contributed by atoms with E-state index >= 15 is 0 Å². The van der Waals surface area contributed by atoms with Gasteiger partial charge in [0.15, 0.2) is 0 Å². The van der Waals surface area contributed by atoms with Gasteiger partial charge in [-0.1, -0.05) is 16.7 Å². The lowest BCUT2D eigenvalue weighted by Crippen LogP contribution is -2.49. The first kappa shape index (κ1) is 35.4. The van der Waals surface area contributed by atoms with Crippen molar-refractivity contribution in [3.05, 3.63) is 63.7 Å². The standard InChI is InChI=1S/C32H35ClF6N6O3/c1-4-48-28(46)14-19-5-7-21(8-6-19)29(47)45-18(2)11-27(25-16-22(31(34,35)36)9-10-26(25)45)44(30-40-42-43(3)41-30)17-20-12-23(32(37,38)39)15-24(33)13-20/h9-10,12-13,15-16,18-19,21,27H,4-8,11,14,17H2,1-3H3/t18-,19-,21-,27?/m0/s1. The summed E-state index contributed by atoms with van der Waals surface area (Å²) in [5.74, 6) is -0.860. The van der Waals surface area contributed by atoms with Crippen LogP contribution in [-0.2, 0) is 40.3 Å². The molecule has 1 aliphatic carbocycles. The number of benzene rings is 2. The molecule has 2 aliphatic rings. The van der Waals surface area contributed by atoms with Gasteiger partial charge in [-0.15, -0.1) is 5.10 Å². The van der Waals surface area contributed by atoms with Crippen LogP contribution in [0.3, 0.4) is 0 Å². The molecule has 1 aliphatic heterocycles. The molecule has 1 saturated carbocycles. The SMILES string of the molecule is CCOC(=O)C[C@H]1CC[C@H](C(=O)N2c3ccc(C(F)(F)F)cc3C(N(Cc3cc(Cl)cc(C(F)(F)F)c3)c3nnn(C)n3)C[C@@H]2C)CC1. The molecule has 0 radical (unpaired) electrons. The van der Waals surface area contributed by atoms with Crippen molar-refractivity contribution in [2.45, 2.75) is 83.4 Å². The highest BCUT2D eigenvalue weighted by molar-refractivity contribution is 6.30. The molecule has 2 atom stereocenters.